The number of hydrogen-bond donors (Lipinski definition) is 0. The van der Waals surface area contributed by atoms with E-state index in [2.05, 4.69) is 37.9 Å². The van der Waals surface area contributed by atoms with E-state index >= 15 is 0 Å². The van der Waals surface area contributed by atoms with Gasteiger partial charge in [-0.3, -0.25) is 9.78 Å². The van der Waals surface area contributed by atoms with Gasteiger partial charge in [0.05, 0.1) is 0 Å². The summed E-state index contributed by atoms with van der Waals surface area (Å²) in [5, 5.41) is 0.0680. The maximum absolute atomic E-state index is 12.9. The Morgan fingerprint density at radius 1 is 1.22 bits per heavy atom. The SMILES string of the molecule is CC(C)(C)c1ccc(C(=O)N2CCSC2c2cccnc2)cc1. The second-order valence-corrected chi connectivity index (χ2v) is 8.02. The van der Waals surface area contributed by atoms with E-state index in [1.165, 1.54) is 5.56 Å². The van der Waals surface area contributed by atoms with Gasteiger partial charge in [0.25, 0.3) is 5.91 Å². The molecular weight excluding hydrogens is 304 g/mol. The molecule has 1 atom stereocenters. The van der Waals surface area contributed by atoms with E-state index in [9.17, 15) is 4.79 Å². The van der Waals surface area contributed by atoms with Crippen LogP contribution in [-0.4, -0.2) is 28.1 Å². The zero-order chi connectivity index (χ0) is 16.4. The van der Waals surface area contributed by atoms with Crippen LogP contribution in [0.15, 0.2) is 48.8 Å². The molecule has 3 nitrogen and oxygen atoms in total. The van der Waals surface area contributed by atoms with E-state index < -0.39 is 0 Å². The van der Waals surface area contributed by atoms with Gasteiger partial charge in [-0.2, -0.15) is 0 Å². The lowest BCUT2D eigenvalue weighted by molar-refractivity contribution is 0.0760. The van der Waals surface area contributed by atoms with Crippen LogP contribution < -0.4 is 0 Å². The molecule has 3 rings (SSSR count). The van der Waals surface area contributed by atoms with Crippen LogP contribution in [-0.2, 0) is 5.41 Å². The van der Waals surface area contributed by atoms with Gasteiger partial charge in [0.15, 0.2) is 0 Å². The van der Waals surface area contributed by atoms with E-state index in [1.54, 1.807) is 18.0 Å². The summed E-state index contributed by atoms with van der Waals surface area (Å²) in [5.74, 6) is 1.06. The van der Waals surface area contributed by atoms with Crippen molar-refractivity contribution in [3.8, 4) is 0 Å². The summed E-state index contributed by atoms with van der Waals surface area (Å²) >= 11 is 1.80. The summed E-state index contributed by atoms with van der Waals surface area (Å²) in [5.41, 5.74) is 3.20. The molecule has 0 bridgehead atoms. The van der Waals surface area contributed by atoms with Crippen molar-refractivity contribution >= 4 is 17.7 Å². The molecule has 1 aromatic carbocycles. The van der Waals surface area contributed by atoms with Crippen LogP contribution in [0.25, 0.3) is 0 Å². The number of amides is 1. The van der Waals surface area contributed by atoms with Gasteiger partial charge in [0, 0.05) is 35.8 Å². The Bertz CT molecular complexity index is 677. The molecule has 0 N–H and O–H groups in total. The van der Waals surface area contributed by atoms with Crippen LogP contribution >= 0.6 is 11.8 Å². The maximum atomic E-state index is 12.9. The van der Waals surface area contributed by atoms with Gasteiger partial charge in [-0.05, 0) is 29.2 Å². The number of benzene rings is 1. The molecule has 1 unspecified atom stereocenters. The lowest BCUT2D eigenvalue weighted by Gasteiger charge is -2.24. The van der Waals surface area contributed by atoms with Gasteiger partial charge < -0.3 is 4.90 Å². The summed E-state index contributed by atoms with van der Waals surface area (Å²) in [4.78, 5) is 19.0. The first-order chi connectivity index (χ1) is 11.0. The van der Waals surface area contributed by atoms with Crippen molar-refractivity contribution < 1.29 is 4.79 Å². The first-order valence-electron chi connectivity index (χ1n) is 7.90. The summed E-state index contributed by atoms with van der Waals surface area (Å²) in [6.07, 6.45) is 3.62. The second-order valence-electron chi connectivity index (χ2n) is 6.84. The number of aromatic nitrogens is 1. The van der Waals surface area contributed by atoms with Gasteiger partial charge in [-0.25, -0.2) is 0 Å². The van der Waals surface area contributed by atoms with Crippen molar-refractivity contribution in [1.29, 1.82) is 0 Å². The fourth-order valence-corrected chi connectivity index (χ4v) is 3.99. The van der Waals surface area contributed by atoms with E-state index in [1.807, 2.05) is 35.4 Å². The fraction of sp³-hybridized carbons (Fsp3) is 0.368. The van der Waals surface area contributed by atoms with Gasteiger partial charge in [0.2, 0.25) is 0 Å². The Morgan fingerprint density at radius 3 is 2.57 bits per heavy atom. The minimum absolute atomic E-state index is 0.0680. The molecule has 4 heteroatoms. The second kappa shape index (κ2) is 6.36. The Balaban J connectivity index is 1.82. The Morgan fingerprint density at radius 2 is 1.96 bits per heavy atom. The number of carbonyl (C=O) groups is 1. The number of thioether (sulfide) groups is 1. The normalized spacial score (nSPS) is 18.2. The molecule has 1 aliphatic heterocycles. The predicted molar refractivity (Wildman–Crippen MR) is 95.6 cm³/mol. The van der Waals surface area contributed by atoms with Gasteiger partial charge >= 0.3 is 0 Å². The van der Waals surface area contributed by atoms with E-state index in [4.69, 9.17) is 0 Å². The van der Waals surface area contributed by atoms with Crippen molar-refractivity contribution in [2.75, 3.05) is 12.3 Å². The van der Waals surface area contributed by atoms with E-state index in [0.717, 1.165) is 23.4 Å². The molecule has 2 aromatic rings. The van der Waals surface area contributed by atoms with Crippen molar-refractivity contribution in [3.63, 3.8) is 0 Å². The molecule has 0 aliphatic carbocycles. The van der Waals surface area contributed by atoms with Crippen LogP contribution in [0.5, 0.6) is 0 Å². The molecule has 0 radical (unpaired) electrons. The molecule has 1 aliphatic rings. The highest BCUT2D eigenvalue weighted by atomic mass is 32.2. The molecule has 1 amide bonds. The molecule has 2 heterocycles. The Hall–Kier alpha value is -1.81. The predicted octanol–water partition coefficient (Wildman–Crippen LogP) is 4.27. The van der Waals surface area contributed by atoms with Crippen molar-refractivity contribution in [2.24, 2.45) is 0 Å². The number of hydrogen-bond acceptors (Lipinski definition) is 3. The number of nitrogens with zero attached hydrogens (tertiary/aromatic N) is 2. The smallest absolute Gasteiger partial charge is 0.255 e. The first-order valence-corrected chi connectivity index (χ1v) is 8.95. The summed E-state index contributed by atoms with van der Waals surface area (Å²) in [7, 11) is 0. The number of carbonyl (C=O) groups excluding carboxylic acids is 1. The average Bonchev–Trinajstić information content (AvgIpc) is 3.04. The van der Waals surface area contributed by atoms with Crippen molar-refractivity contribution in [3.05, 3.63) is 65.5 Å². The molecule has 0 saturated carbocycles. The average molecular weight is 326 g/mol. The van der Waals surface area contributed by atoms with Gasteiger partial charge in [-0.1, -0.05) is 39.0 Å². The zero-order valence-corrected chi connectivity index (χ0v) is 14.6. The summed E-state index contributed by atoms with van der Waals surface area (Å²) < 4.78 is 0. The molecule has 120 valence electrons. The van der Waals surface area contributed by atoms with E-state index in [-0.39, 0.29) is 16.7 Å². The van der Waals surface area contributed by atoms with Gasteiger partial charge in [-0.15, -0.1) is 11.8 Å². The van der Waals surface area contributed by atoms with Crippen LogP contribution in [0.4, 0.5) is 0 Å². The van der Waals surface area contributed by atoms with Crippen LogP contribution in [0, 0.1) is 0 Å². The monoisotopic (exact) mass is 326 g/mol. The third-order valence-electron chi connectivity index (χ3n) is 4.12. The lowest BCUT2D eigenvalue weighted by Crippen LogP contribution is -2.30. The highest BCUT2D eigenvalue weighted by molar-refractivity contribution is 7.99. The Kier molecular flexibility index (Phi) is 4.44. The summed E-state index contributed by atoms with van der Waals surface area (Å²) in [6, 6.07) is 12.0. The largest absolute Gasteiger partial charge is 0.322 e. The van der Waals surface area contributed by atoms with Crippen molar-refractivity contribution in [1.82, 2.24) is 9.88 Å². The molecule has 1 fully saturated rings. The molecule has 23 heavy (non-hydrogen) atoms. The first kappa shape index (κ1) is 16.1. The highest BCUT2D eigenvalue weighted by Gasteiger charge is 2.31. The Labute approximate surface area is 142 Å². The lowest BCUT2D eigenvalue weighted by atomic mass is 9.86. The van der Waals surface area contributed by atoms with Crippen LogP contribution in [0.2, 0.25) is 0 Å². The standard InChI is InChI=1S/C19H22N2OS/c1-19(2,3)16-8-6-14(7-9-16)17(22)21-11-12-23-18(21)15-5-4-10-20-13-15/h4-10,13,18H,11-12H2,1-3H3. The molecule has 1 aromatic heterocycles. The third-order valence-corrected chi connectivity index (χ3v) is 5.38. The minimum atomic E-state index is 0.0680. The van der Waals surface area contributed by atoms with E-state index in [0.29, 0.717) is 0 Å². The highest BCUT2D eigenvalue weighted by Crippen LogP contribution is 2.38. The van der Waals surface area contributed by atoms with Crippen LogP contribution in [0.3, 0.4) is 0 Å². The topological polar surface area (TPSA) is 33.2 Å². The van der Waals surface area contributed by atoms with Crippen molar-refractivity contribution in [2.45, 2.75) is 31.6 Å². The molecule has 0 spiro atoms. The van der Waals surface area contributed by atoms with Crippen LogP contribution in [0.1, 0.15) is 47.6 Å². The zero-order valence-electron chi connectivity index (χ0n) is 13.8. The third kappa shape index (κ3) is 3.42. The minimum Gasteiger partial charge on any atom is -0.322 e. The summed E-state index contributed by atoms with van der Waals surface area (Å²) in [6.45, 7) is 7.32. The fourth-order valence-electron chi connectivity index (χ4n) is 2.75. The van der Waals surface area contributed by atoms with Gasteiger partial charge in [0.1, 0.15) is 5.37 Å². The number of pyridine rings is 1. The quantitative estimate of drug-likeness (QED) is 0.826. The number of rotatable bonds is 2. The molecular formula is C19H22N2OS. The maximum Gasteiger partial charge on any atom is 0.255 e. The molecule has 1 saturated heterocycles.